The lowest BCUT2D eigenvalue weighted by Crippen LogP contribution is -2.30. The lowest BCUT2D eigenvalue weighted by molar-refractivity contribution is 0.573. The summed E-state index contributed by atoms with van der Waals surface area (Å²) in [6.07, 6.45) is 5.12. The quantitative estimate of drug-likeness (QED) is 0.882. The third kappa shape index (κ3) is 3.05. The molecule has 1 unspecified atom stereocenters. The van der Waals surface area contributed by atoms with Crippen molar-refractivity contribution in [1.29, 1.82) is 0 Å². The summed E-state index contributed by atoms with van der Waals surface area (Å²) in [5, 5.41) is 0. The highest BCUT2D eigenvalue weighted by Crippen LogP contribution is 2.32. The molecule has 0 saturated carbocycles. The van der Waals surface area contributed by atoms with Crippen LogP contribution in [0, 0.1) is 6.92 Å². The van der Waals surface area contributed by atoms with E-state index in [-0.39, 0.29) is 0 Å². The van der Waals surface area contributed by atoms with Crippen molar-refractivity contribution in [2.45, 2.75) is 45.4 Å². The Morgan fingerprint density at radius 2 is 1.94 bits per heavy atom. The Morgan fingerprint density at radius 1 is 1.22 bits per heavy atom. The zero-order chi connectivity index (χ0) is 13.0. The van der Waals surface area contributed by atoms with Crippen LogP contribution in [0.3, 0.4) is 0 Å². The van der Waals surface area contributed by atoms with Gasteiger partial charge in [0.2, 0.25) is 0 Å². The fourth-order valence-corrected chi connectivity index (χ4v) is 2.90. The van der Waals surface area contributed by atoms with E-state index in [2.05, 4.69) is 36.9 Å². The summed E-state index contributed by atoms with van der Waals surface area (Å²) in [5.41, 5.74) is 10.0. The van der Waals surface area contributed by atoms with Gasteiger partial charge in [-0.2, -0.15) is 0 Å². The highest BCUT2D eigenvalue weighted by atomic mass is 15.1. The Hall–Kier alpha value is -1.02. The lowest BCUT2D eigenvalue weighted by Gasteiger charge is -2.32. The molecule has 2 N–H and O–H groups in total. The first-order valence-electron chi connectivity index (χ1n) is 7.28. The summed E-state index contributed by atoms with van der Waals surface area (Å²) in [7, 11) is 0. The fourth-order valence-electron chi connectivity index (χ4n) is 2.90. The number of aryl methyl sites for hydroxylation is 1. The molecule has 1 aromatic rings. The number of hydrogen-bond acceptors (Lipinski definition) is 2. The van der Waals surface area contributed by atoms with Crippen molar-refractivity contribution < 1.29 is 0 Å². The van der Waals surface area contributed by atoms with Crippen molar-refractivity contribution in [2.24, 2.45) is 5.73 Å². The van der Waals surface area contributed by atoms with Crippen molar-refractivity contribution in [3.63, 3.8) is 0 Å². The van der Waals surface area contributed by atoms with E-state index < -0.39 is 0 Å². The van der Waals surface area contributed by atoms with Crippen molar-refractivity contribution in [1.82, 2.24) is 0 Å². The predicted molar refractivity (Wildman–Crippen MR) is 79.3 cm³/mol. The molecular formula is C16H26N2. The number of nitrogens with two attached hydrogens (primary N) is 1. The molecule has 0 aliphatic carbocycles. The highest BCUT2D eigenvalue weighted by molar-refractivity contribution is 5.56. The summed E-state index contributed by atoms with van der Waals surface area (Å²) < 4.78 is 0. The Morgan fingerprint density at radius 3 is 2.61 bits per heavy atom. The molecule has 0 amide bonds. The van der Waals surface area contributed by atoms with Gasteiger partial charge in [0.15, 0.2) is 0 Å². The normalized spacial score (nSPS) is 17.8. The van der Waals surface area contributed by atoms with E-state index >= 15 is 0 Å². The van der Waals surface area contributed by atoms with E-state index in [0.717, 1.165) is 13.0 Å². The average Bonchev–Trinajstić information content (AvgIpc) is 2.40. The van der Waals surface area contributed by atoms with E-state index in [4.69, 9.17) is 5.73 Å². The van der Waals surface area contributed by atoms with E-state index in [0.29, 0.717) is 5.92 Å². The molecule has 100 valence electrons. The molecule has 1 aliphatic heterocycles. The Bertz CT molecular complexity index is 381. The third-order valence-corrected chi connectivity index (χ3v) is 4.01. The van der Waals surface area contributed by atoms with Crippen LogP contribution < -0.4 is 10.6 Å². The summed E-state index contributed by atoms with van der Waals surface area (Å²) in [6.45, 7) is 7.68. The molecule has 1 saturated heterocycles. The summed E-state index contributed by atoms with van der Waals surface area (Å²) >= 11 is 0. The Balaban J connectivity index is 2.27. The molecule has 1 fully saturated rings. The van der Waals surface area contributed by atoms with Gasteiger partial charge >= 0.3 is 0 Å². The van der Waals surface area contributed by atoms with E-state index in [1.54, 1.807) is 0 Å². The molecule has 0 spiro atoms. The Labute approximate surface area is 111 Å². The Kier molecular flexibility index (Phi) is 4.65. The van der Waals surface area contributed by atoms with Gasteiger partial charge in [-0.3, -0.25) is 0 Å². The molecule has 18 heavy (non-hydrogen) atoms. The first kappa shape index (κ1) is 13.4. The number of anilines is 1. The van der Waals surface area contributed by atoms with Crippen LogP contribution >= 0.6 is 0 Å². The van der Waals surface area contributed by atoms with Crippen LogP contribution in [-0.4, -0.2) is 19.6 Å². The number of rotatable bonds is 4. The smallest absolute Gasteiger partial charge is 0.0401 e. The maximum atomic E-state index is 5.72. The zero-order valence-corrected chi connectivity index (χ0v) is 11.8. The van der Waals surface area contributed by atoms with Gasteiger partial charge in [0.05, 0.1) is 0 Å². The van der Waals surface area contributed by atoms with Crippen LogP contribution in [0.5, 0.6) is 0 Å². The van der Waals surface area contributed by atoms with Crippen LogP contribution in [0.15, 0.2) is 18.2 Å². The van der Waals surface area contributed by atoms with Crippen LogP contribution in [0.25, 0.3) is 0 Å². The van der Waals surface area contributed by atoms with Crippen molar-refractivity contribution in [3.8, 4) is 0 Å². The minimum Gasteiger partial charge on any atom is -0.371 e. The SMILES string of the molecule is Cc1ccc(N2CCCCC2)c(C(C)CCN)c1. The molecule has 1 aromatic carbocycles. The van der Waals surface area contributed by atoms with Gasteiger partial charge in [0.25, 0.3) is 0 Å². The minimum absolute atomic E-state index is 0.562. The summed E-state index contributed by atoms with van der Waals surface area (Å²) in [6, 6.07) is 6.90. The second-order valence-electron chi connectivity index (χ2n) is 5.59. The van der Waals surface area contributed by atoms with Gasteiger partial charge < -0.3 is 10.6 Å². The maximum Gasteiger partial charge on any atom is 0.0401 e. The monoisotopic (exact) mass is 246 g/mol. The zero-order valence-electron chi connectivity index (χ0n) is 11.8. The topological polar surface area (TPSA) is 29.3 Å². The van der Waals surface area contributed by atoms with E-state index in [1.807, 2.05) is 0 Å². The number of benzene rings is 1. The first-order chi connectivity index (χ1) is 8.72. The molecule has 1 aliphatic rings. The molecule has 1 heterocycles. The average molecular weight is 246 g/mol. The van der Waals surface area contributed by atoms with Crippen molar-refractivity contribution in [2.75, 3.05) is 24.5 Å². The van der Waals surface area contributed by atoms with Gasteiger partial charge in [-0.15, -0.1) is 0 Å². The van der Waals surface area contributed by atoms with Gasteiger partial charge in [-0.1, -0.05) is 24.6 Å². The van der Waals surface area contributed by atoms with Crippen LogP contribution in [0.4, 0.5) is 5.69 Å². The second-order valence-corrected chi connectivity index (χ2v) is 5.59. The molecule has 2 heteroatoms. The summed E-state index contributed by atoms with van der Waals surface area (Å²) in [4.78, 5) is 2.56. The van der Waals surface area contributed by atoms with Gasteiger partial charge in [0.1, 0.15) is 0 Å². The standard InChI is InChI=1S/C16H26N2/c1-13-6-7-16(18-10-4-3-5-11-18)15(12-13)14(2)8-9-17/h6-7,12,14H,3-5,8-11,17H2,1-2H3. The van der Waals surface area contributed by atoms with Crippen LogP contribution in [-0.2, 0) is 0 Å². The molecule has 0 bridgehead atoms. The molecular weight excluding hydrogens is 220 g/mol. The van der Waals surface area contributed by atoms with Crippen molar-refractivity contribution >= 4 is 5.69 Å². The van der Waals surface area contributed by atoms with E-state index in [9.17, 15) is 0 Å². The first-order valence-corrected chi connectivity index (χ1v) is 7.28. The van der Waals surface area contributed by atoms with Crippen molar-refractivity contribution in [3.05, 3.63) is 29.3 Å². The highest BCUT2D eigenvalue weighted by Gasteiger charge is 2.17. The maximum absolute atomic E-state index is 5.72. The second kappa shape index (κ2) is 6.24. The number of hydrogen-bond donors (Lipinski definition) is 1. The van der Waals surface area contributed by atoms with Gasteiger partial charge in [0, 0.05) is 18.8 Å². The lowest BCUT2D eigenvalue weighted by atomic mass is 9.93. The minimum atomic E-state index is 0.562. The largest absolute Gasteiger partial charge is 0.371 e. The van der Waals surface area contributed by atoms with Crippen LogP contribution in [0.2, 0.25) is 0 Å². The van der Waals surface area contributed by atoms with Gasteiger partial charge in [-0.25, -0.2) is 0 Å². The number of piperidine rings is 1. The molecule has 2 rings (SSSR count). The molecule has 1 atom stereocenters. The van der Waals surface area contributed by atoms with Gasteiger partial charge in [-0.05, 0) is 56.7 Å². The molecule has 2 nitrogen and oxygen atoms in total. The predicted octanol–water partition coefficient (Wildman–Crippen LogP) is 3.44. The summed E-state index contributed by atoms with van der Waals surface area (Å²) in [5.74, 6) is 0.562. The number of nitrogens with zero attached hydrogens (tertiary/aromatic N) is 1. The third-order valence-electron chi connectivity index (χ3n) is 4.01. The molecule has 0 radical (unpaired) electrons. The fraction of sp³-hybridized carbons (Fsp3) is 0.625. The van der Waals surface area contributed by atoms with Crippen LogP contribution in [0.1, 0.15) is 49.7 Å². The molecule has 0 aromatic heterocycles. The van der Waals surface area contributed by atoms with E-state index in [1.165, 1.54) is 49.2 Å².